The van der Waals surface area contributed by atoms with Gasteiger partial charge in [0.15, 0.2) is 0 Å². The summed E-state index contributed by atoms with van der Waals surface area (Å²) in [7, 11) is 0. The van der Waals surface area contributed by atoms with Crippen molar-refractivity contribution in [2.45, 2.75) is 32.9 Å². The zero-order valence-corrected chi connectivity index (χ0v) is 14.1. The average Bonchev–Trinajstić information content (AvgIpc) is 2.52. The highest BCUT2D eigenvalue weighted by Crippen LogP contribution is 2.16. The molecule has 1 unspecified atom stereocenters. The van der Waals surface area contributed by atoms with E-state index in [1.165, 1.54) is 0 Å². The summed E-state index contributed by atoms with van der Waals surface area (Å²) in [4.78, 5) is 4.46. The SMILES string of the molecule is CCCNC(C)c1ccc(OCc2ccc(Br)cc2)cn1. The van der Waals surface area contributed by atoms with E-state index in [0.29, 0.717) is 6.61 Å². The zero-order valence-electron chi connectivity index (χ0n) is 12.5. The number of halogens is 1. The largest absolute Gasteiger partial charge is 0.487 e. The van der Waals surface area contributed by atoms with Crippen LogP contribution in [0.25, 0.3) is 0 Å². The lowest BCUT2D eigenvalue weighted by Gasteiger charge is -2.13. The molecule has 0 spiro atoms. The highest BCUT2D eigenvalue weighted by Gasteiger charge is 2.05. The Hall–Kier alpha value is -1.39. The minimum absolute atomic E-state index is 0.269. The molecule has 4 heteroatoms. The number of nitrogens with zero attached hydrogens (tertiary/aromatic N) is 1. The first-order valence-electron chi connectivity index (χ1n) is 7.25. The molecule has 2 rings (SSSR count). The number of hydrogen-bond donors (Lipinski definition) is 1. The van der Waals surface area contributed by atoms with Crippen LogP contribution in [0.2, 0.25) is 0 Å². The fourth-order valence-corrected chi connectivity index (χ4v) is 2.21. The standard InChI is InChI=1S/C17H21BrN2O/c1-3-10-19-13(2)17-9-8-16(11-20-17)21-12-14-4-6-15(18)7-5-14/h4-9,11,13,19H,3,10,12H2,1-2H3. The van der Waals surface area contributed by atoms with Crippen LogP contribution in [0.3, 0.4) is 0 Å². The van der Waals surface area contributed by atoms with Gasteiger partial charge < -0.3 is 10.1 Å². The summed E-state index contributed by atoms with van der Waals surface area (Å²) in [5.74, 6) is 0.796. The Balaban J connectivity index is 1.88. The van der Waals surface area contributed by atoms with E-state index in [1.807, 2.05) is 36.4 Å². The lowest BCUT2D eigenvalue weighted by molar-refractivity contribution is 0.304. The highest BCUT2D eigenvalue weighted by molar-refractivity contribution is 9.10. The first-order valence-corrected chi connectivity index (χ1v) is 8.05. The number of rotatable bonds is 7. The summed E-state index contributed by atoms with van der Waals surface area (Å²) >= 11 is 3.42. The van der Waals surface area contributed by atoms with Crippen LogP contribution in [0.1, 0.15) is 37.6 Å². The summed E-state index contributed by atoms with van der Waals surface area (Å²) in [6, 6.07) is 12.4. The second kappa shape index (κ2) is 8.15. The molecular weight excluding hydrogens is 328 g/mol. The van der Waals surface area contributed by atoms with Gasteiger partial charge in [0.25, 0.3) is 0 Å². The third kappa shape index (κ3) is 5.14. The van der Waals surface area contributed by atoms with Crippen LogP contribution in [0, 0.1) is 0 Å². The zero-order chi connectivity index (χ0) is 15.1. The van der Waals surface area contributed by atoms with E-state index >= 15 is 0 Å². The van der Waals surface area contributed by atoms with Gasteiger partial charge in [0.1, 0.15) is 12.4 Å². The van der Waals surface area contributed by atoms with E-state index in [9.17, 15) is 0 Å². The molecule has 1 atom stereocenters. The van der Waals surface area contributed by atoms with Crippen LogP contribution in [-0.2, 0) is 6.61 Å². The summed E-state index contributed by atoms with van der Waals surface area (Å²) in [5, 5.41) is 3.42. The number of aromatic nitrogens is 1. The van der Waals surface area contributed by atoms with E-state index in [0.717, 1.165) is 34.4 Å². The molecule has 0 fully saturated rings. The van der Waals surface area contributed by atoms with Crippen LogP contribution in [-0.4, -0.2) is 11.5 Å². The van der Waals surface area contributed by atoms with E-state index in [4.69, 9.17) is 4.74 Å². The van der Waals surface area contributed by atoms with Crippen molar-refractivity contribution in [2.75, 3.05) is 6.54 Å². The topological polar surface area (TPSA) is 34.1 Å². The number of benzene rings is 1. The first kappa shape index (κ1) is 16.0. The molecule has 0 aliphatic carbocycles. The van der Waals surface area contributed by atoms with Gasteiger partial charge in [-0.1, -0.05) is 35.0 Å². The van der Waals surface area contributed by atoms with Gasteiger partial charge in [-0.25, -0.2) is 0 Å². The van der Waals surface area contributed by atoms with Gasteiger partial charge in [0.2, 0.25) is 0 Å². The van der Waals surface area contributed by atoms with Crippen molar-refractivity contribution in [2.24, 2.45) is 0 Å². The molecule has 21 heavy (non-hydrogen) atoms. The van der Waals surface area contributed by atoms with Crippen molar-refractivity contribution in [1.82, 2.24) is 10.3 Å². The molecular formula is C17H21BrN2O. The van der Waals surface area contributed by atoms with Crippen molar-refractivity contribution in [3.05, 3.63) is 58.3 Å². The Morgan fingerprint density at radius 2 is 1.95 bits per heavy atom. The van der Waals surface area contributed by atoms with Gasteiger partial charge in [-0.05, 0) is 49.7 Å². The molecule has 1 aromatic carbocycles. The molecule has 0 amide bonds. The summed E-state index contributed by atoms with van der Waals surface area (Å²) in [6.07, 6.45) is 2.91. The lowest BCUT2D eigenvalue weighted by Crippen LogP contribution is -2.20. The molecule has 2 aromatic rings. The third-order valence-electron chi connectivity index (χ3n) is 3.22. The number of ether oxygens (including phenoxy) is 1. The van der Waals surface area contributed by atoms with Crippen molar-refractivity contribution >= 4 is 15.9 Å². The molecule has 0 radical (unpaired) electrons. The Morgan fingerprint density at radius 1 is 1.19 bits per heavy atom. The minimum atomic E-state index is 0.269. The van der Waals surface area contributed by atoms with Gasteiger partial charge in [0.05, 0.1) is 11.9 Å². The molecule has 0 aliphatic rings. The Labute approximate surface area is 134 Å². The molecule has 1 heterocycles. The Kier molecular flexibility index (Phi) is 6.21. The smallest absolute Gasteiger partial charge is 0.138 e. The molecule has 1 N–H and O–H groups in total. The number of pyridine rings is 1. The molecule has 0 saturated heterocycles. The molecule has 0 aliphatic heterocycles. The van der Waals surface area contributed by atoms with E-state index in [1.54, 1.807) is 6.20 Å². The molecule has 0 saturated carbocycles. The average molecular weight is 349 g/mol. The minimum Gasteiger partial charge on any atom is -0.487 e. The monoisotopic (exact) mass is 348 g/mol. The quantitative estimate of drug-likeness (QED) is 0.800. The second-order valence-electron chi connectivity index (χ2n) is 5.01. The molecule has 1 aromatic heterocycles. The Bertz CT molecular complexity index is 540. The summed E-state index contributed by atoms with van der Waals surface area (Å²) < 4.78 is 6.82. The highest BCUT2D eigenvalue weighted by atomic mass is 79.9. The second-order valence-corrected chi connectivity index (χ2v) is 5.93. The van der Waals surface area contributed by atoms with E-state index in [-0.39, 0.29) is 6.04 Å². The Morgan fingerprint density at radius 3 is 2.57 bits per heavy atom. The summed E-state index contributed by atoms with van der Waals surface area (Å²) in [5.41, 5.74) is 2.18. The summed E-state index contributed by atoms with van der Waals surface area (Å²) in [6.45, 7) is 5.84. The van der Waals surface area contributed by atoms with Crippen molar-refractivity contribution in [3.8, 4) is 5.75 Å². The molecule has 112 valence electrons. The van der Waals surface area contributed by atoms with Crippen molar-refractivity contribution in [1.29, 1.82) is 0 Å². The van der Waals surface area contributed by atoms with Crippen molar-refractivity contribution in [3.63, 3.8) is 0 Å². The lowest BCUT2D eigenvalue weighted by atomic mass is 10.2. The van der Waals surface area contributed by atoms with Crippen LogP contribution in [0.5, 0.6) is 5.75 Å². The first-order chi connectivity index (χ1) is 10.2. The van der Waals surface area contributed by atoms with Crippen LogP contribution in [0.4, 0.5) is 0 Å². The molecule has 0 bridgehead atoms. The van der Waals surface area contributed by atoms with Gasteiger partial charge in [0, 0.05) is 10.5 Å². The van der Waals surface area contributed by atoms with E-state index < -0.39 is 0 Å². The van der Waals surface area contributed by atoms with Crippen LogP contribution in [0.15, 0.2) is 47.1 Å². The third-order valence-corrected chi connectivity index (χ3v) is 3.75. The maximum absolute atomic E-state index is 5.75. The normalized spacial score (nSPS) is 12.1. The van der Waals surface area contributed by atoms with Crippen LogP contribution < -0.4 is 10.1 Å². The van der Waals surface area contributed by atoms with Gasteiger partial charge in [-0.15, -0.1) is 0 Å². The predicted molar refractivity (Wildman–Crippen MR) is 89.4 cm³/mol. The number of nitrogens with one attached hydrogen (secondary N) is 1. The molecule has 3 nitrogen and oxygen atoms in total. The maximum Gasteiger partial charge on any atom is 0.138 e. The van der Waals surface area contributed by atoms with Gasteiger partial charge in [-0.2, -0.15) is 0 Å². The van der Waals surface area contributed by atoms with Gasteiger partial charge in [-0.3, -0.25) is 4.98 Å². The predicted octanol–water partition coefficient (Wildman–Crippen LogP) is 4.48. The van der Waals surface area contributed by atoms with Crippen molar-refractivity contribution < 1.29 is 4.74 Å². The number of hydrogen-bond acceptors (Lipinski definition) is 3. The van der Waals surface area contributed by atoms with Crippen LogP contribution >= 0.6 is 15.9 Å². The van der Waals surface area contributed by atoms with E-state index in [2.05, 4.69) is 40.1 Å². The fourth-order valence-electron chi connectivity index (χ4n) is 1.95. The van der Waals surface area contributed by atoms with Gasteiger partial charge >= 0.3 is 0 Å². The maximum atomic E-state index is 5.75. The fraction of sp³-hybridized carbons (Fsp3) is 0.353.